The van der Waals surface area contributed by atoms with Crippen LogP contribution in [0.25, 0.3) is 0 Å². The van der Waals surface area contributed by atoms with Gasteiger partial charge in [0.15, 0.2) is 0 Å². The molecule has 0 aliphatic carbocycles. The van der Waals surface area contributed by atoms with E-state index in [4.69, 9.17) is 4.74 Å². The predicted octanol–water partition coefficient (Wildman–Crippen LogP) is 3.23. The second kappa shape index (κ2) is 5.92. The van der Waals surface area contributed by atoms with Gasteiger partial charge in [-0.25, -0.2) is 0 Å². The van der Waals surface area contributed by atoms with E-state index in [2.05, 4.69) is 5.32 Å². The predicted molar refractivity (Wildman–Crippen MR) is 67.0 cm³/mol. The molecule has 0 bridgehead atoms. The molecule has 1 aliphatic heterocycles. The number of hydrogen-bond acceptors (Lipinski definition) is 2. The number of benzene rings is 1. The third-order valence-electron chi connectivity index (χ3n) is 3.51. The summed E-state index contributed by atoms with van der Waals surface area (Å²) in [4.78, 5) is 0. The van der Waals surface area contributed by atoms with Crippen molar-refractivity contribution in [3.8, 4) is 0 Å². The summed E-state index contributed by atoms with van der Waals surface area (Å²) in [6.45, 7) is 0.561. The van der Waals surface area contributed by atoms with Gasteiger partial charge in [-0.2, -0.15) is 13.2 Å². The van der Waals surface area contributed by atoms with Gasteiger partial charge >= 0.3 is 6.18 Å². The molecule has 0 amide bonds. The Bertz CT molecular complexity index is 419. The molecule has 1 N–H and O–H groups in total. The van der Waals surface area contributed by atoms with Crippen LogP contribution in [0.3, 0.4) is 0 Å². The smallest absolute Gasteiger partial charge is 0.372 e. The van der Waals surface area contributed by atoms with Crippen LogP contribution in [0.1, 0.15) is 30.1 Å². The van der Waals surface area contributed by atoms with Crippen molar-refractivity contribution >= 4 is 0 Å². The van der Waals surface area contributed by atoms with Crippen LogP contribution in [0.4, 0.5) is 13.2 Å². The Morgan fingerprint density at radius 3 is 2.79 bits per heavy atom. The first kappa shape index (κ1) is 14.3. The minimum Gasteiger partial charge on any atom is -0.372 e. The summed E-state index contributed by atoms with van der Waals surface area (Å²) >= 11 is 0. The number of likely N-dealkylation sites (N-methyl/N-ethyl adjacent to an activating group) is 1. The van der Waals surface area contributed by atoms with Crippen LogP contribution in [0, 0.1) is 0 Å². The van der Waals surface area contributed by atoms with E-state index in [0.717, 1.165) is 12.0 Å². The normalized spacial score (nSPS) is 20.9. The summed E-state index contributed by atoms with van der Waals surface area (Å²) in [5.41, 5.74) is 2.18. The first-order valence-electron chi connectivity index (χ1n) is 6.44. The van der Waals surface area contributed by atoms with E-state index in [9.17, 15) is 13.2 Å². The van der Waals surface area contributed by atoms with Crippen LogP contribution in [0.2, 0.25) is 0 Å². The Morgan fingerprint density at radius 2 is 2.11 bits per heavy atom. The Hall–Kier alpha value is -1.07. The largest absolute Gasteiger partial charge is 0.389 e. The van der Waals surface area contributed by atoms with Gasteiger partial charge in [-0.3, -0.25) is 0 Å². The molecule has 1 aliphatic rings. The fourth-order valence-electron chi connectivity index (χ4n) is 2.52. The lowest BCUT2D eigenvalue weighted by molar-refractivity contribution is -0.138. The second-order valence-corrected chi connectivity index (χ2v) is 4.79. The molecule has 0 fully saturated rings. The van der Waals surface area contributed by atoms with Crippen LogP contribution in [-0.4, -0.2) is 25.9 Å². The maximum atomic E-state index is 12.3. The molecule has 2 rings (SSSR count). The molecule has 106 valence electrons. The SMILES string of the molecule is CNC(CCC(F)(F)F)C1OCCc2ccccc21. The zero-order valence-electron chi connectivity index (χ0n) is 10.8. The number of fused-ring (bicyclic) bond motifs is 1. The zero-order chi connectivity index (χ0) is 13.9. The molecular formula is C14H18F3NO. The summed E-state index contributed by atoms with van der Waals surface area (Å²) < 4.78 is 42.7. The third-order valence-corrected chi connectivity index (χ3v) is 3.51. The number of rotatable bonds is 4. The number of hydrogen-bond donors (Lipinski definition) is 1. The highest BCUT2D eigenvalue weighted by atomic mass is 19.4. The van der Waals surface area contributed by atoms with Gasteiger partial charge in [0.1, 0.15) is 0 Å². The minimum absolute atomic E-state index is 0.0268. The average Bonchev–Trinajstić information content (AvgIpc) is 2.38. The quantitative estimate of drug-likeness (QED) is 0.909. The van der Waals surface area contributed by atoms with Crippen molar-refractivity contribution < 1.29 is 17.9 Å². The van der Waals surface area contributed by atoms with Crippen LogP contribution in [0.5, 0.6) is 0 Å². The minimum atomic E-state index is -4.12. The highest BCUT2D eigenvalue weighted by molar-refractivity contribution is 5.31. The topological polar surface area (TPSA) is 21.3 Å². The first-order valence-corrected chi connectivity index (χ1v) is 6.44. The van der Waals surface area contributed by atoms with Crippen molar-refractivity contribution in [2.45, 2.75) is 37.6 Å². The molecule has 1 heterocycles. The van der Waals surface area contributed by atoms with Gasteiger partial charge in [0.05, 0.1) is 12.7 Å². The number of alkyl halides is 3. The Kier molecular flexibility index (Phi) is 4.47. The van der Waals surface area contributed by atoms with E-state index in [1.807, 2.05) is 24.3 Å². The second-order valence-electron chi connectivity index (χ2n) is 4.79. The molecule has 1 aromatic rings. The van der Waals surface area contributed by atoms with Crippen LogP contribution in [0.15, 0.2) is 24.3 Å². The van der Waals surface area contributed by atoms with Gasteiger partial charge in [-0.15, -0.1) is 0 Å². The van der Waals surface area contributed by atoms with Gasteiger partial charge in [0, 0.05) is 12.5 Å². The molecule has 0 spiro atoms. The lowest BCUT2D eigenvalue weighted by Crippen LogP contribution is -2.37. The fourth-order valence-corrected chi connectivity index (χ4v) is 2.52. The van der Waals surface area contributed by atoms with Crippen LogP contribution >= 0.6 is 0 Å². The van der Waals surface area contributed by atoms with E-state index in [1.165, 1.54) is 5.56 Å². The van der Waals surface area contributed by atoms with Crippen molar-refractivity contribution in [2.75, 3.05) is 13.7 Å². The lowest BCUT2D eigenvalue weighted by Gasteiger charge is -2.32. The van der Waals surface area contributed by atoms with Gasteiger partial charge in [0.25, 0.3) is 0 Å². The van der Waals surface area contributed by atoms with Gasteiger partial charge in [-0.1, -0.05) is 24.3 Å². The van der Waals surface area contributed by atoms with Gasteiger partial charge < -0.3 is 10.1 Å². The van der Waals surface area contributed by atoms with Crippen LogP contribution < -0.4 is 5.32 Å². The maximum absolute atomic E-state index is 12.3. The number of halogens is 3. The van der Waals surface area contributed by atoms with Crippen molar-refractivity contribution in [1.29, 1.82) is 0 Å². The van der Waals surface area contributed by atoms with Crippen molar-refractivity contribution in [3.63, 3.8) is 0 Å². The molecule has 2 nitrogen and oxygen atoms in total. The molecule has 2 unspecified atom stereocenters. The first-order chi connectivity index (χ1) is 9.01. The van der Waals surface area contributed by atoms with E-state index in [0.29, 0.717) is 6.61 Å². The number of nitrogens with one attached hydrogen (secondary N) is 1. The summed E-state index contributed by atoms with van der Waals surface area (Å²) in [7, 11) is 1.68. The monoisotopic (exact) mass is 273 g/mol. The summed E-state index contributed by atoms with van der Waals surface area (Å²) in [5, 5.41) is 2.96. The Labute approximate surface area is 111 Å². The van der Waals surface area contributed by atoms with E-state index in [1.54, 1.807) is 7.05 Å². The third kappa shape index (κ3) is 3.70. The summed E-state index contributed by atoms with van der Waals surface area (Å²) in [5.74, 6) is 0. The zero-order valence-corrected chi connectivity index (χ0v) is 10.8. The molecule has 0 saturated carbocycles. The van der Waals surface area contributed by atoms with Crippen molar-refractivity contribution in [1.82, 2.24) is 5.32 Å². The van der Waals surface area contributed by atoms with E-state index < -0.39 is 12.6 Å². The average molecular weight is 273 g/mol. The Balaban J connectivity index is 2.11. The highest BCUT2D eigenvalue weighted by Gasteiger charge is 2.33. The molecule has 0 radical (unpaired) electrons. The van der Waals surface area contributed by atoms with E-state index in [-0.39, 0.29) is 18.6 Å². The standard InChI is InChI=1S/C14H18F3NO/c1-18-12(6-8-14(15,16)17)13-11-5-3-2-4-10(11)7-9-19-13/h2-5,12-13,18H,6-9H2,1H3. The molecule has 2 atom stereocenters. The van der Waals surface area contributed by atoms with Gasteiger partial charge in [0.2, 0.25) is 0 Å². The molecule has 1 aromatic carbocycles. The van der Waals surface area contributed by atoms with E-state index >= 15 is 0 Å². The van der Waals surface area contributed by atoms with Crippen molar-refractivity contribution in [2.24, 2.45) is 0 Å². The molecule has 0 aromatic heterocycles. The molecule has 19 heavy (non-hydrogen) atoms. The Morgan fingerprint density at radius 1 is 1.37 bits per heavy atom. The highest BCUT2D eigenvalue weighted by Crippen LogP contribution is 2.33. The molecule has 5 heteroatoms. The fraction of sp³-hybridized carbons (Fsp3) is 0.571. The van der Waals surface area contributed by atoms with Crippen LogP contribution in [-0.2, 0) is 11.2 Å². The summed E-state index contributed by atoms with van der Waals surface area (Å²) in [6.07, 6.45) is -4.36. The maximum Gasteiger partial charge on any atom is 0.389 e. The van der Waals surface area contributed by atoms with Gasteiger partial charge in [-0.05, 0) is 31.0 Å². The van der Waals surface area contributed by atoms with Crippen molar-refractivity contribution in [3.05, 3.63) is 35.4 Å². The molecule has 0 saturated heterocycles. The summed E-state index contributed by atoms with van der Waals surface area (Å²) in [6, 6.07) is 7.49. The molecular weight excluding hydrogens is 255 g/mol. The number of ether oxygens (including phenoxy) is 1. The lowest BCUT2D eigenvalue weighted by atomic mass is 9.91.